The van der Waals surface area contributed by atoms with Crippen molar-refractivity contribution in [2.24, 2.45) is 0 Å². The Kier molecular flexibility index (Phi) is 3.16. The van der Waals surface area contributed by atoms with Crippen molar-refractivity contribution in [3.63, 3.8) is 0 Å². The molecule has 0 atom stereocenters. The molecule has 90 valence electrons. The summed E-state index contributed by atoms with van der Waals surface area (Å²) in [6.45, 7) is 2.09. The van der Waals surface area contributed by atoms with Crippen molar-refractivity contribution in [3.05, 3.63) is 63.4 Å². The summed E-state index contributed by atoms with van der Waals surface area (Å²) in [4.78, 5) is 11.9. The second-order valence-electron chi connectivity index (χ2n) is 4.11. The van der Waals surface area contributed by atoms with Gasteiger partial charge in [0.05, 0.1) is 12.1 Å². The normalized spacial score (nSPS) is 10.0. The van der Waals surface area contributed by atoms with Gasteiger partial charge in [0.1, 0.15) is 11.9 Å². The number of aryl methyl sites for hydroxylation is 1. The van der Waals surface area contributed by atoms with Crippen LogP contribution in [0, 0.1) is 18.3 Å². The molecule has 4 nitrogen and oxygen atoms in total. The van der Waals surface area contributed by atoms with Gasteiger partial charge >= 0.3 is 0 Å². The average molecular weight is 239 g/mol. The number of nitriles is 1. The van der Waals surface area contributed by atoms with Crippen LogP contribution in [0.1, 0.15) is 16.7 Å². The van der Waals surface area contributed by atoms with Gasteiger partial charge in [-0.25, -0.2) is 0 Å². The molecule has 0 aliphatic rings. The van der Waals surface area contributed by atoms with E-state index in [1.165, 1.54) is 10.6 Å². The number of hydrogen-bond acceptors (Lipinski definition) is 3. The number of nitrogen functional groups attached to an aromatic ring is 1. The molecular formula is C14H13N3O. The minimum atomic E-state index is -0.187. The highest BCUT2D eigenvalue weighted by atomic mass is 16.1. The molecule has 2 N–H and O–H groups in total. The third-order valence-electron chi connectivity index (χ3n) is 2.84. The van der Waals surface area contributed by atoms with Gasteiger partial charge in [-0.1, -0.05) is 30.3 Å². The van der Waals surface area contributed by atoms with Gasteiger partial charge in [-0.3, -0.25) is 9.36 Å². The van der Waals surface area contributed by atoms with Crippen molar-refractivity contribution < 1.29 is 0 Å². The zero-order valence-electron chi connectivity index (χ0n) is 10.1. The summed E-state index contributed by atoms with van der Waals surface area (Å²) in [6.07, 6.45) is 0. The summed E-state index contributed by atoms with van der Waals surface area (Å²) < 4.78 is 1.42. The number of nitrogens with two attached hydrogens (primary N) is 1. The van der Waals surface area contributed by atoms with Gasteiger partial charge in [-0.15, -0.1) is 0 Å². The van der Waals surface area contributed by atoms with Gasteiger partial charge in [-0.2, -0.15) is 5.26 Å². The van der Waals surface area contributed by atoms with Crippen LogP contribution >= 0.6 is 0 Å². The van der Waals surface area contributed by atoms with Crippen LogP contribution in [0.2, 0.25) is 0 Å². The first-order chi connectivity index (χ1) is 8.63. The van der Waals surface area contributed by atoms with E-state index in [2.05, 4.69) is 0 Å². The summed E-state index contributed by atoms with van der Waals surface area (Å²) in [7, 11) is 0. The number of anilines is 1. The molecule has 0 bridgehead atoms. The third kappa shape index (κ3) is 2.11. The molecule has 0 saturated heterocycles. The Balaban J connectivity index is 2.53. The number of benzene rings is 1. The van der Waals surface area contributed by atoms with E-state index in [9.17, 15) is 4.79 Å². The maximum Gasteiger partial charge on any atom is 0.252 e. The number of rotatable bonds is 2. The maximum absolute atomic E-state index is 11.9. The quantitative estimate of drug-likeness (QED) is 0.866. The smallest absolute Gasteiger partial charge is 0.252 e. The Bertz CT molecular complexity index is 666. The molecule has 0 aliphatic heterocycles. The fraction of sp³-hybridized carbons (Fsp3) is 0.143. The molecule has 0 fully saturated rings. The van der Waals surface area contributed by atoms with Crippen LogP contribution in [-0.2, 0) is 6.54 Å². The number of aromatic nitrogens is 1. The first-order valence-electron chi connectivity index (χ1n) is 5.57. The lowest BCUT2D eigenvalue weighted by Crippen LogP contribution is -2.24. The molecule has 0 amide bonds. The zero-order chi connectivity index (χ0) is 13.1. The Morgan fingerprint density at radius 1 is 1.33 bits per heavy atom. The zero-order valence-corrected chi connectivity index (χ0v) is 10.1. The Morgan fingerprint density at radius 3 is 2.61 bits per heavy atom. The van der Waals surface area contributed by atoms with E-state index in [0.29, 0.717) is 17.7 Å². The van der Waals surface area contributed by atoms with Crippen molar-refractivity contribution >= 4 is 5.82 Å². The maximum atomic E-state index is 11.9. The van der Waals surface area contributed by atoms with E-state index in [1.54, 1.807) is 6.92 Å². The van der Waals surface area contributed by atoms with E-state index >= 15 is 0 Å². The van der Waals surface area contributed by atoms with Gasteiger partial charge in [0.2, 0.25) is 0 Å². The van der Waals surface area contributed by atoms with Gasteiger partial charge in [0.15, 0.2) is 0 Å². The van der Waals surface area contributed by atoms with E-state index in [4.69, 9.17) is 11.0 Å². The fourth-order valence-electron chi connectivity index (χ4n) is 1.87. The first kappa shape index (κ1) is 11.9. The molecular weight excluding hydrogens is 226 g/mol. The van der Waals surface area contributed by atoms with Crippen molar-refractivity contribution in [3.8, 4) is 6.07 Å². The van der Waals surface area contributed by atoms with Crippen LogP contribution in [0.4, 0.5) is 5.82 Å². The van der Waals surface area contributed by atoms with Crippen molar-refractivity contribution in [2.75, 3.05) is 5.73 Å². The second kappa shape index (κ2) is 4.76. The van der Waals surface area contributed by atoms with Crippen LogP contribution in [0.5, 0.6) is 0 Å². The van der Waals surface area contributed by atoms with Crippen molar-refractivity contribution in [2.45, 2.75) is 13.5 Å². The van der Waals surface area contributed by atoms with Crippen molar-refractivity contribution in [1.82, 2.24) is 4.57 Å². The second-order valence-corrected chi connectivity index (χ2v) is 4.11. The molecule has 1 aromatic carbocycles. The summed E-state index contributed by atoms with van der Waals surface area (Å²) >= 11 is 0. The number of hydrogen-bond donors (Lipinski definition) is 1. The molecule has 1 heterocycles. The van der Waals surface area contributed by atoms with Crippen LogP contribution in [-0.4, -0.2) is 4.57 Å². The van der Waals surface area contributed by atoms with Crippen LogP contribution in [0.3, 0.4) is 0 Å². The molecule has 0 spiro atoms. The lowest BCUT2D eigenvalue weighted by Gasteiger charge is -2.12. The van der Waals surface area contributed by atoms with Gasteiger partial charge in [0.25, 0.3) is 5.56 Å². The topological polar surface area (TPSA) is 71.8 Å². The van der Waals surface area contributed by atoms with E-state index in [-0.39, 0.29) is 11.4 Å². The number of nitrogens with zero attached hydrogens (tertiary/aromatic N) is 2. The van der Waals surface area contributed by atoms with E-state index in [0.717, 1.165) is 5.56 Å². The molecule has 4 heteroatoms. The lowest BCUT2D eigenvalue weighted by atomic mass is 10.1. The number of pyridine rings is 1. The van der Waals surface area contributed by atoms with Crippen LogP contribution < -0.4 is 11.3 Å². The molecule has 0 aliphatic carbocycles. The predicted molar refractivity (Wildman–Crippen MR) is 70.1 cm³/mol. The molecule has 0 saturated carbocycles. The highest BCUT2D eigenvalue weighted by Gasteiger charge is 2.10. The third-order valence-corrected chi connectivity index (χ3v) is 2.84. The highest BCUT2D eigenvalue weighted by Crippen LogP contribution is 2.14. The molecule has 2 rings (SSSR count). The predicted octanol–water partition coefficient (Wildman–Crippen LogP) is 1.66. The summed E-state index contributed by atoms with van der Waals surface area (Å²) in [6, 6.07) is 13.0. The van der Waals surface area contributed by atoms with Crippen LogP contribution in [0.25, 0.3) is 0 Å². The lowest BCUT2D eigenvalue weighted by molar-refractivity contribution is 0.768. The average Bonchev–Trinajstić information content (AvgIpc) is 2.36. The largest absolute Gasteiger partial charge is 0.384 e. The molecule has 2 aromatic rings. The standard InChI is InChI=1S/C14H13N3O/c1-10-7-13(18)17(14(16)12(10)8-15)9-11-5-3-2-4-6-11/h2-7H,9,16H2,1H3. The van der Waals surface area contributed by atoms with Crippen molar-refractivity contribution in [1.29, 1.82) is 5.26 Å². The molecule has 0 radical (unpaired) electrons. The van der Waals surface area contributed by atoms with Crippen LogP contribution in [0.15, 0.2) is 41.2 Å². The monoisotopic (exact) mass is 239 g/mol. The highest BCUT2D eigenvalue weighted by molar-refractivity contribution is 5.53. The minimum absolute atomic E-state index is 0.187. The fourth-order valence-corrected chi connectivity index (χ4v) is 1.87. The first-order valence-corrected chi connectivity index (χ1v) is 5.57. The SMILES string of the molecule is Cc1cc(=O)n(Cc2ccccc2)c(N)c1C#N. The summed E-state index contributed by atoms with van der Waals surface area (Å²) in [5.41, 5.74) is 7.65. The summed E-state index contributed by atoms with van der Waals surface area (Å²) in [5, 5.41) is 9.04. The Morgan fingerprint density at radius 2 is 2.00 bits per heavy atom. The Hall–Kier alpha value is -2.54. The van der Waals surface area contributed by atoms with Gasteiger partial charge in [0, 0.05) is 6.07 Å². The van der Waals surface area contributed by atoms with E-state index in [1.807, 2.05) is 36.4 Å². The van der Waals surface area contributed by atoms with Gasteiger partial charge in [-0.05, 0) is 18.1 Å². The molecule has 18 heavy (non-hydrogen) atoms. The van der Waals surface area contributed by atoms with E-state index < -0.39 is 0 Å². The Labute approximate surface area is 105 Å². The van der Waals surface area contributed by atoms with Gasteiger partial charge < -0.3 is 5.73 Å². The minimum Gasteiger partial charge on any atom is -0.384 e. The summed E-state index contributed by atoms with van der Waals surface area (Å²) in [5.74, 6) is 0.228. The molecule has 0 unspecified atom stereocenters. The molecule has 1 aromatic heterocycles.